The number of aromatic nitrogens is 3. The predicted octanol–water partition coefficient (Wildman–Crippen LogP) is 2.86. The monoisotopic (exact) mass is 278 g/mol. The molecule has 21 heavy (non-hydrogen) atoms. The van der Waals surface area contributed by atoms with E-state index in [4.69, 9.17) is 5.73 Å². The molecule has 1 aromatic carbocycles. The summed E-state index contributed by atoms with van der Waals surface area (Å²) in [5, 5.41) is 20.1. The number of hydrogen-bond donors (Lipinski definition) is 2. The number of phenolic OH excluding ortho intramolecular Hbond substituents is 1. The Morgan fingerprint density at radius 2 is 1.95 bits per heavy atom. The standard InChI is InChI=1S/C16H14N4O/c17-16-13-8-18-6-5-11(13)15(19-20-16)12-4-3-10(7-14(12)21)9-1-2-9/h3-9,21H,1-2H2,(H2,17,20). The van der Waals surface area contributed by atoms with Crippen LogP contribution < -0.4 is 5.73 Å². The Bertz CT molecular complexity index is 843. The Kier molecular flexibility index (Phi) is 2.54. The van der Waals surface area contributed by atoms with E-state index in [2.05, 4.69) is 21.2 Å². The van der Waals surface area contributed by atoms with Gasteiger partial charge in [0.25, 0.3) is 0 Å². The van der Waals surface area contributed by atoms with Crippen LogP contribution in [-0.4, -0.2) is 20.3 Å². The maximum Gasteiger partial charge on any atom is 0.155 e. The van der Waals surface area contributed by atoms with Crippen molar-refractivity contribution in [2.75, 3.05) is 5.73 Å². The lowest BCUT2D eigenvalue weighted by molar-refractivity contribution is 0.476. The summed E-state index contributed by atoms with van der Waals surface area (Å²) in [5.74, 6) is 1.18. The molecule has 104 valence electrons. The number of pyridine rings is 1. The molecule has 2 heterocycles. The highest BCUT2D eigenvalue weighted by Gasteiger charge is 2.24. The summed E-state index contributed by atoms with van der Waals surface area (Å²) in [6.07, 6.45) is 5.76. The molecule has 0 atom stereocenters. The van der Waals surface area contributed by atoms with Crippen LogP contribution in [0, 0.1) is 0 Å². The van der Waals surface area contributed by atoms with Crippen LogP contribution in [0.5, 0.6) is 5.75 Å². The molecule has 0 bridgehead atoms. The molecule has 0 unspecified atom stereocenters. The van der Waals surface area contributed by atoms with E-state index in [-0.39, 0.29) is 5.75 Å². The topological polar surface area (TPSA) is 84.9 Å². The number of nitrogens with zero attached hydrogens (tertiary/aromatic N) is 3. The number of phenols is 1. The highest BCUT2D eigenvalue weighted by Crippen LogP contribution is 2.43. The molecular weight excluding hydrogens is 264 g/mol. The van der Waals surface area contributed by atoms with Gasteiger partial charge in [-0.05, 0) is 42.5 Å². The van der Waals surface area contributed by atoms with Gasteiger partial charge in [0.05, 0.1) is 0 Å². The first-order chi connectivity index (χ1) is 10.2. The molecule has 0 radical (unpaired) electrons. The van der Waals surface area contributed by atoms with Crippen molar-refractivity contribution in [3.8, 4) is 17.0 Å². The first-order valence-electron chi connectivity index (χ1n) is 6.93. The lowest BCUT2D eigenvalue weighted by Crippen LogP contribution is -1.98. The Morgan fingerprint density at radius 3 is 2.71 bits per heavy atom. The SMILES string of the molecule is Nc1nnc(-c2ccc(C3CC3)cc2O)c2ccncc12. The maximum absolute atomic E-state index is 10.3. The third-order valence-corrected chi connectivity index (χ3v) is 3.94. The number of nitrogen functional groups attached to an aromatic ring is 1. The zero-order valence-electron chi connectivity index (χ0n) is 11.3. The van der Waals surface area contributed by atoms with Gasteiger partial charge in [-0.15, -0.1) is 10.2 Å². The smallest absolute Gasteiger partial charge is 0.155 e. The van der Waals surface area contributed by atoms with Crippen LogP contribution in [0.1, 0.15) is 24.3 Å². The molecule has 1 saturated carbocycles. The number of benzene rings is 1. The highest BCUT2D eigenvalue weighted by molar-refractivity contribution is 5.99. The van der Waals surface area contributed by atoms with Gasteiger partial charge >= 0.3 is 0 Å². The van der Waals surface area contributed by atoms with Crippen LogP contribution in [0.3, 0.4) is 0 Å². The second-order valence-electron chi connectivity index (χ2n) is 5.41. The summed E-state index contributed by atoms with van der Waals surface area (Å²) in [6, 6.07) is 7.63. The van der Waals surface area contributed by atoms with Crippen molar-refractivity contribution < 1.29 is 5.11 Å². The van der Waals surface area contributed by atoms with E-state index in [0.29, 0.717) is 23.0 Å². The fourth-order valence-electron chi connectivity index (χ4n) is 2.64. The molecule has 0 amide bonds. The van der Waals surface area contributed by atoms with Gasteiger partial charge in [0.1, 0.15) is 11.4 Å². The molecule has 1 fully saturated rings. The molecule has 0 spiro atoms. The lowest BCUT2D eigenvalue weighted by Gasteiger charge is -2.09. The van der Waals surface area contributed by atoms with E-state index in [9.17, 15) is 5.11 Å². The van der Waals surface area contributed by atoms with Crippen LogP contribution >= 0.6 is 0 Å². The minimum atomic E-state index is 0.233. The van der Waals surface area contributed by atoms with E-state index in [1.165, 1.54) is 18.4 Å². The predicted molar refractivity (Wildman–Crippen MR) is 80.8 cm³/mol. The molecular formula is C16H14N4O. The fourth-order valence-corrected chi connectivity index (χ4v) is 2.64. The molecule has 5 heteroatoms. The van der Waals surface area contributed by atoms with E-state index in [1.807, 2.05) is 18.2 Å². The molecule has 5 nitrogen and oxygen atoms in total. The van der Waals surface area contributed by atoms with Crippen LogP contribution in [-0.2, 0) is 0 Å². The van der Waals surface area contributed by atoms with Crippen molar-refractivity contribution in [3.05, 3.63) is 42.2 Å². The number of nitrogens with two attached hydrogens (primary N) is 1. The van der Waals surface area contributed by atoms with E-state index < -0.39 is 0 Å². The normalized spacial score (nSPS) is 14.5. The number of aromatic hydroxyl groups is 1. The Hall–Kier alpha value is -2.69. The van der Waals surface area contributed by atoms with Crippen LogP contribution in [0.15, 0.2) is 36.7 Å². The number of rotatable bonds is 2. The Labute approximate surface area is 121 Å². The number of hydrogen-bond acceptors (Lipinski definition) is 5. The summed E-state index contributed by atoms with van der Waals surface area (Å²) in [7, 11) is 0. The zero-order valence-corrected chi connectivity index (χ0v) is 11.3. The average molecular weight is 278 g/mol. The fraction of sp³-hybridized carbons (Fsp3) is 0.188. The molecule has 3 N–H and O–H groups in total. The molecule has 0 aliphatic heterocycles. The van der Waals surface area contributed by atoms with E-state index in [1.54, 1.807) is 12.4 Å². The second kappa shape index (κ2) is 4.41. The van der Waals surface area contributed by atoms with E-state index in [0.717, 1.165) is 10.8 Å². The number of fused-ring (bicyclic) bond motifs is 1. The van der Waals surface area contributed by atoms with E-state index >= 15 is 0 Å². The highest BCUT2D eigenvalue weighted by atomic mass is 16.3. The third kappa shape index (κ3) is 1.98. The van der Waals surface area contributed by atoms with Crippen LogP contribution in [0.4, 0.5) is 5.82 Å². The molecule has 0 saturated heterocycles. The summed E-state index contributed by atoms with van der Waals surface area (Å²) in [4.78, 5) is 4.07. The van der Waals surface area contributed by atoms with Gasteiger partial charge in [-0.3, -0.25) is 4.98 Å². The first kappa shape index (κ1) is 12.1. The lowest BCUT2D eigenvalue weighted by atomic mass is 10.0. The van der Waals surface area contributed by atoms with Gasteiger partial charge < -0.3 is 10.8 Å². The van der Waals surface area contributed by atoms with Crippen molar-refractivity contribution in [3.63, 3.8) is 0 Å². The van der Waals surface area contributed by atoms with Crippen molar-refractivity contribution in [1.82, 2.24) is 15.2 Å². The Morgan fingerprint density at radius 1 is 1.10 bits per heavy atom. The van der Waals surface area contributed by atoms with Crippen LogP contribution in [0.25, 0.3) is 22.0 Å². The van der Waals surface area contributed by atoms with Gasteiger partial charge in [-0.2, -0.15) is 0 Å². The molecule has 3 aromatic rings. The molecule has 1 aliphatic rings. The molecule has 1 aliphatic carbocycles. The van der Waals surface area contributed by atoms with Crippen LogP contribution in [0.2, 0.25) is 0 Å². The summed E-state index contributed by atoms with van der Waals surface area (Å²) >= 11 is 0. The van der Waals surface area contributed by atoms with Gasteiger partial charge in [-0.25, -0.2) is 0 Å². The van der Waals surface area contributed by atoms with Gasteiger partial charge in [0, 0.05) is 28.7 Å². The maximum atomic E-state index is 10.3. The minimum Gasteiger partial charge on any atom is -0.507 e. The van der Waals surface area contributed by atoms with Gasteiger partial charge in [-0.1, -0.05) is 6.07 Å². The Balaban J connectivity index is 1.92. The average Bonchev–Trinajstić information content (AvgIpc) is 3.33. The van der Waals surface area contributed by atoms with Crippen molar-refractivity contribution in [2.24, 2.45) is 0 Å². The van der Waals surface area contributed by atoms with Crippen molar-refractivity contribution in [2.45, 2.75) is 18.8 Å². The minimum absolute atomic E-state index is 0.233. The molecule has 4 rings (SSSR count). The van der Waals surface area contributed by atoms with Crippen molar-refractivity contribution >= 4 is 16.6 Å². The van der Waals surface area contributed by atoms with Gasteiger partial charge in [0.15, 0.2) is 5.82 Å². The largest absolute Gasteiger partial charge is 0.507 e. The summed E-state index contributed by atoms with van der Waals surface area (Å²) < 4.78 is 0. The summed E-state index contributed by atoms with van der Waals surface area (Å²) in [5.41, 5.74) is 8.32. The quantitative estimate of drug-likeness (QED) is 0.753. The third-order valence-electron chi connectivity index (χ3n) is 3.94. The van der Waals surface area contributed by atoms with Gasteiger partial charge in [0.2, 0.25) is 0 Å². The summed E-state index contributed by atoms with van der Waals surface area (Å²) in [6.45, 7) is 0. The molecule has 2 aromatic heterocycles. The second-order valence-corrected chi connectivity index (χ2v) is 5.41. The number of anilines is 1. The first-order valence-corrected chi connectivity index (χ1v) is 6.93. The van der Waals surface area contributed by atoms with Crippen molar-refractivity contribution in [1.29, 1.82) is 0 Å². The zero-order chi connectivity index (χ0) is 14.4.